The Bertz CT molecular complexity index is 464. The Hall–Kier alpha value is -0.840. The van der Waals surface area contributed by atoms with Gasteiger partial charge in [0.05, 0.1) is 32.6 Å². The van der Waals surface area contributed by atoms with Gasteiger partial charge in [-0.1, -0.05) is 0 Å². The summed E-state index contributed by atoms with van der Waals surface area (Å²) in [4.78, 5) is 7.07. The van der Waals surface area contributed by atoms with Crippen molar-refractivity contribution in [1.29, 1.82) is 0 Å². The summed E-state index contributed by atoms with van der Waals surface area (Å²) in [6.07, 6.45) is 2.53. The summed E-state index contributed by atoms with van der Waals surface area (Å²) >= 11 is 0. The minimum absolute atomic E-state index is 0. The molecule has 2 N–H and O–H groups in total. The van der Waals surface area contributed by atoms with E-state index in [2.05, 4.69) is 27.4 Å². The number of nitrogens with zero attached hydrogens (tertiary/aromatic N) is 2. The molecule has 0 bridgehead atoms. The number of ether oxygens (including phenoxy) is 2. The summed E-state index contributed by atoms with van der Waals surface area (Å²) in [6, 6.07) is 4.09. The SMILES string of the molecule is COCC(C)NC(=NCCN1CCOCC1)NCCc1ccco1.I. The van der Waals surface area contributed by atoms with Crippen LogP contribution in [0.5, 0.6) is 0 Å². The minimum atomic E-state index is 0. The van der Waals surface area contributed by atoms with Crippen LogP contribution in [0.25, 0.3) is 0 Å². The molecule has 1 aliphatic rings. The van der Waals surface area contributed by atoms with Gasteiger partial charge in [-0.25, -0.2) is 0 Å². The monoisotopic (exact) mass is 466 g/mol. The molecule has 7 nitrogen and oxygen atoms in total. The van der Waals surface area contributed by atoms with Gasteiger partial charge in [0, 0.05) is 45.8 Å². The number of hydrogen-bond donors (Lipinski definition) is 2. The van der Waals surface area contributed by atoms with Gasteiger partial charge in [-0.05, 0) is 19.1 Å². The molecule has 1 saturated heterocycles. The summed E-state index contributed by atoms with van der Waals surface area (Å²) in [5, 5.41) is 6.74. The molecule has 1 atom stereocenters. The van der Waals surface area contributed by atoms with Gasteiger partial charge in [-0.2, -0.15) is 0 Å². The van der Waals surface area contributed by atoms with Crippen LogP contribution >= 0.6 is 24.0 Å². The lowest BCUT2D eigenvalue weighted by Crippen LogP contribution is -2.45. The summed E-state index contributed by atoms with van der Waals surface area (Å²) in [5.74, 6) is 1.79. The van der Waals surface area contributed by atoms with Crippen molar-refractivity contribution in [2.45, 2.75) is 19.4 Å². The first kappa shape index (κ1) is 22.2. The van der Waals surface area contributed by atoms with Crippen molar-refractivity contribution in [3.8, 4) is 0 Å². The molecule has 0 radical (unpaired) electrons. The lowest BCUT2D eigenvalue weighted by Gasteiger charge is -2.26. The van der Waals surface area contributed by atoms with Gasteiger partial charge in [0.25, 0.3) is 0 Å². The van der Waals surface area contributed by atoms with Gasteiger partial charge in [0.1, 0.15) is 5.76 Å². The first-order chi connectivity index (χ1) is 11.8. The number of aliphatic imine (C=N–C) groups is 1. The predicted molar refractivity (Wildman–Crippen MR) is 110 cm³/mol. The standard InChI is InChI=1S/C17H30N4O3.HI/c1-15(14-22-2)20-17(18-6-5-16-4-3-11-24-16)19-7-8-21-9-12-23-13-10-21;/h3-4,11,15H,5-10,12-14H2,1-2H3,(H2,18,19,20);1H. The zero-order valence-electron chi connectivity index (χ0n) is 15.2. The van der Waals surface area contributed by atoms with E-state index in [4.69, 9.17) is 13.9 Å². The highest BCUT2D eigenvalue weighted by Gasteiger charge is 2.10. The molecule has 144 valence electrons. The number of morpholine rings is 1. The lowest BCUT2D eigenvalue weighted by molar-refractivity contribution is 0.0394. The van der Waals surface area contributed by atoms with E-state index in [1.807, 2.05) is 12.1 Å². The third-order valence-corrected chi connectivity index (χ3v) is 3.83. The first-order valence-electron chi connectivity index (χ1n) is 8.64. The fourth-order valence-corrected chi connectivity index (χ4v) is 2.56. The number of methoxy groups -OCH3 is 1. The Kier molecular flexibility index (Phi) is 11.9. The van der Waals surface area contributed by atoms with Crippen LogP contribution in [0.3, 0.4) is 0 Å². The molecular weight excluding hydrogens is 435 g/mol. The van der Waals surface area contributed by atoms with Crippen molar-refractivity contribution in [3.63, 3.8) is 0 Å². The molecule has 1 aromatic heterocycles. The average Bonchev–Trinajstić information content (AvgIpc) is 3.09. The second-order valence-electron chi connectivity index (χ2n) is 5.94. The maximum atomic E-state index is 5.37. The molecule has 0 aromatic carbocycles. The van der Waals surface area contributed by atoms with E-state index < -0.39 is 0 Å². The number of rotatable bonds is 9. The smallest absolute Gasteiger partial charge is 0.191 e. The van der Waals surface area contributed by atoms with E-state index in [0.29, 0.717) is 6.61 Å². The number of guanidine groups is 1. The Labute approximate surface area is 167 Å². The molecular formula is C17H31IN4O3. The van der Waals surface area contributed by atoms with E-state index in [-0.39, 0.29) is 30.0 Å². The van der Waals surface area contributed by atoms with Crippen molar-refractivity contribution >= 4 is 29.9 Å². The normalized spacial score (nSPS) is 17.0. The lowest BCUT2D eigenvalue weighted by atomic mass is 10.3. The second-order valence-corrected chi connectivity index (χ2v) is 5.94. The Balaban J connectivity index is 0.00000312. The van der Waals surface area contributed by atoms with Crippen LogP contribution in [0, 0.1) is 0 Å². The molecule has 25 heavy (non-hydrogen) atoms. The highest BCUT2D eigenvalue weighted by molar-refractivity contribution is 14.0. The van der Waals surface area contributed by atoms with Crippen molar-refractivity contribution < 1.29 is 13.9 Å². The van der Waals surface area contributed by atoms with E-state index in [1.54, 1.807) is 13.4 Å². The zero-order valence-corrected chi connectivity index (χ0v) is 17.5. The van der Waals surface area contributed by atoms with Crippen LogP contribution in [0.15, 0.2) is 27.8 Å². The average molecular weight is 466 g/mol. The third kappa shape index (κ3) is 9.43. The Morgan fingerprint density at radius 2 is 2.20 bits per heavy atom. The Morgan fingerprint density at radius 1 is 1.40 bits per heavy atom. The molecule has 0 aliphatic carbocycles. The van der Waals surface area contributed by atoms with Gasteiger partial charge in [-0.3, -0.25) is 9.89 Å². The molecule has 0 saturated carbocycles. The van der Waals surface area contributed by atoms with Gasteiger partial charge in [0.2, 0.25) is 0 Å². The fraction of sp³-hybridized carbons (Fsp3) is 0.706. The van der Waals surface area contributed by atoms with Crippen molar-refractivity contribution in [2.24, 2.45) is 4.99 Å². The largest absolute Gasteiger partial charge is 0.469 e. The van der Waals surface area contributed by atoms with E-state index >= 15 is 0 Å². The Morgan fingerprint density at radius 3 is 2.88 bits per heavy atom. The summed E-state index contributed by atoms with van der Waals surface area (Å²) in [7, 11) is 1.71. The topological polar surface area (TPSA) is 71.3 Å². The van der Waals surface area contributed by atoms with Crippen LogP contribution < -0.4 is 10.6 Å². The van der Waals surface area contributed by atoms with E-state index in [0.717, 1.165) is 64.1 Å². The summed E-state index contributed by atoms with van der Waals surface area (Å²) in [6.45, 7) is 8.83. The third-order valence-electron chi connectivity index (χ3n) is 3.83. The number of hydrogen-bond acceptors (Lipinski definition) is 5. The molecule has 0 amide bonds. The number of nitrogens with one attached hydrogen (secondary N) is 2. The molecule has 8 heteroatoms. The van der Waals surface area contributed by atoms with Crippen LogP contribution in [-0.4, -0.2) is 76.6 Å². The van der Waals surface area contributed by atoms with Crippen LogP contribution in [0.1, 0.15) is 12.7 Å². The molecule has 2 rings (SSSR count). The molecule has 1 fully saturated rings. The highest BCUT2D eigenvalue weighted by Crippen LogP contribution is 1.99. The molecule has 1 aliphatic heterocycles. The maximum Gasteiger partial charge on any atom is 0.191 e. The molecule has 0 spiro atoms. The van der Waals surface area contributed by atoms with Crippen molar-refractivity contribution in [3.05, 3.63) is 24.2 Å². The van der Waals surface area contributed by atoms with Crippen molar-refractivity contribution in [2.75, 3.05) is 59.7 Å². The first-order valence-corrected chi connectivity index (χ1v) is 8.64. The predicted octanol–water partition coefficient (Wildman–Crippen LogP) is 1.34. The van der Waals surface area contributed by atoms with Crippen LogP contribution in [-0.2, 0) is 15.9 Å². The molecule has 1 aromatic rings. The number of furan rings is 1. The highest BCUT2D eigenvalue weighted by atomic mass is 127. The van der Waals surface area contributed by atoms with E-state index in [1.165, 1.54) is 0 Å². The molecule has 2 heterocycles. The number of halogens is 1. The van der Waals surface area contributed by atoms with Crippen LogP contribution in [0.4, 0.5) is 0 Å². The molecule has 1 unspecified atom stereocenters. The summed E-state index contributed by atoms with van der Waals surface area (Å²) < 4.78 is 15.9. The van der Waals surface area contributed by atoms with Gasteiger partial charge >= 0.3 is 0 Å². The maximum absolute atomic E-state index is 5.37. The van der Waals surface area contributed by atoms with Crippen molar-refractivity contribution in [1.82, 2.24) is 15.5 Å². The quantitative estimate of drug-likeness (QED) is 0.325. The van der Waals surface area contributed by atoms with Gasteiger partial charge in [-0.15, -0.1) is 24.0 Å². The summed E-state index contributed by atoms with van der Waals surface area (Å²) in [5.41, 5.74) is 0. The zero-order chi connectivity index (χ0) is 17.0. The second kappa shape index (κ2) is 13.4. The van der Waals surface area contributed by atoms with Crippen LogP contribution in [0.2, 0.25) is 0 Å². The van der Waals surface area contributed by atoms with Gasteiger partial charge in [0.15, 0.2) is 5.96 Å². The van der Waals surface area contributed by atoms with E-state index in [9.17, 15) is 0 Å². The fourth-order valence-electron chi connectivity index (χ4n) is 2.56. The minimum Gasteiger partial charge on any atom is -0.469 e. The van der Waals surface area contributed by atoms with Gasteiger partial charge < -0.3 is 24.5 Å².